The van der Waals surface area contributed by atoms with E-state index in [9.17, 15) is 4.79 Å². The molecule has 1 saturated carbocycles. The topological polar surface area (TPSA) is 36.0 Å². The van der Waals surface area contributed by atoms with Crippen molar-refractivity contribution >= 4 is 5.91 Å². The summed E-state index contributed by atoms with van der Waals surface area (Å²) in [6, 6.07) is 1.33. The van der Waals surface area contributed by atoms with Gasteiger partial charge in [0.2, 0.25) is 5.91 Å². The van der Waals surface area contributed by atoms with Crippen LogP contribution in [-0.4, -0.2) is 84.7 Å². The quantitative estimate of drug-likeness (QED) is 0.774. The van der Waals surface area contributed by atoms with Gasteiger partial charge in [-0.25, -0.2) is 0 Å². The number of carbonyl (C=O) groups is 1. The number of likely N-dealkylation sites (tertiary alicyclic amines) is 2. The highest BCUT2D eigenvalue weighted by atomic mass is 16.5. The smallest absolute Gasteiger partial charge is 0.240 e. The van der Waals surface area contributed by atoms with Gasteiger partial charge in [-0.15, -0.1) is 0 Å². The molecule has 0 bridgehead atoms. The summed E-state index contributed by atoms with van der Waals surface area (Å²) < 4.78 is 5.46. The van der Waals surface area contributed by atoms with Gasteiger partial charge in [-0.2, -0.15) is 0 Å². The molecule has 0 aromatic carbocycles. The average molecular weight is 307 g/mol. The van der Waals surface area contributed by atoms with E-state index in [-0.39, 0.29) is 6.04 Å². The Morgan fingerprint density at radius 3 is 2.55 bits per heavy atom. The summed E-state index contributed by atoms with van der Waals surface area (Å²) in [7, 11) is 0. The van der Waals surface area contributed by atoms with Gasteiger partial charge in [-0.3, -0.25) is 14.6 Å². The maximum absolute atomic E-state index is 12.8. The molecule has 3 aliphatic heterocycles. The fourth-order valence-corrected chi connectivity index (χ4v) is 4.45. The second kappa shape index (κ2) is 6.46. The average Bonchev–Trinajstić information content (AvgIpc) is 3.32. The van der Waals surface area contributed by atoms with E-state index in [4.69, 9.17) is 4.74 Å². The fraction of sp³-hybridized carbons (Fsp3) is 0.941. The largest absolute Gasteiger partial charge is 0.379 e. The Kier molecular flexibility index (Phi) is 4.38. The van der Waals surface area contributed by atoms with E-state index in [1.54, 1.807) is 0 Å². The molecule has 4 fully saturated rings. The molecule has 5 heteroatoms. The zero-order valence-corrected chi connectivity index (χ0v) is 13.6. The molecule has 4 aliphatic rings. The second-order valence-electron chi connectivity index (χ2n) is 7.37. The van der Waals surface area contributed by atoms with Crippen LogP contribution in [0.25, 0.3) is 0 Å². The Hall–Kier alpha value is -0.650. The Morgan fingerprint density at radius 1 is 0.955 bits per heavy atom. The monoisotopic (exact) mass is 307 g/mol. The Labute approximate surface area is 133 Å². The highest BCUT2D eigenvalue weighted by Gasteiger charge is 2.44. The third-order valence-electron chi connectivity index (χ3n) is 5.84. The fourth-order valence-electron chi connectivity index (χ4n) is 4.45. The van der Waals surface area contributed by atoms with Gasteiger partial charge in [-0.05, 0) is 38.6 Å². The van der Waals surface area contributed by atoms with Gasteiger partial charge in [0.05, 0.1) is 19.3 Å². The summed E-state index contributed by atoms with van der Waals surface area (Å²) in [5.41, 5.74) is 0. The minimum atomic E-state index is 0.173. The van der Waals surface area contributed by atoms with Gasteiger partial charge in [0.15, 0.2) is 0 Å². The lowest BCUT2D eigenvalue weighted by Gasteiger charge is -2.42. The molecule has 4 rings (SSSR count). The van der Waals surface area contributed by atoms with E-state index in [2.05, 4.69) is 14.7 Å². The van der Waals surface area contributed by atoms with Gasteiger partial charge in [0, 0.05) is 38.3 Å². The summed E-state index contributed by atoms with van der Waals surface area (Å²) >= 11 is 0. The maximum atomic E-state index is 12.8. The molecular weight excluding hydrogens is 278 g/mol. The molecule has 0 spiro atoms. The van der Waals surface area contributed by atoms with Crippen LogP contribution in [0.4, 0.5) is 0 Å². The first-order valence-corrected chi connectivity index (χ1v) is 9.19. The third kappa shape index (κ3) is 3.03. The zero-order valence-electron chi connectivity index (χ0n) is 13.6. The van der Waals surface area contributed by atoms with E-state index in [0.717, 1.165) is 52.4 Å². The number of nitrogens with zero attached hydrogens (tertiary/aromatic N) is 3. The van der Waals surface area contributed by atoms with Crippen LogP contribution >= 0.6 is 0 Å². The molecular formula is C17H29N3O2. The van der Waals surface area contributed by atoms with Crippen LogP contribution in [0.15, 0.2) is 0 Å². The van der Waals surface area contributed by atoms with Crippen molar-refractivity contribution in [1.82, 2.24) is 14.7 Å². The Bertz CT molecular complexity index is 407. The first kappa shape index (κ1) is 14.9. The number of morpholine rings is 1. The standard InChI is InChI=1S/C17H29N3O2/c21-17-16(6-8-20(17)14-4-5-14)19-7-2-1-3-15(19)13-18-9-11-22-12-10-18/h14-16H,1-13H2/t15-,16-/m1/s1. The minimum Gasteiger partial charge on any atom is -0.379 e. The van der Waals surface area contributed by atoms with Crippen LogP contribution in [-0.2, 0) is 9.53 Å². The van der Waals surface area contributed by atoms with Gasteiger partial charge in [0.1, 0.15) is 0 Å². The second-order valence-corrected chi connectivity index (χ2v) is 7.37. The van der Waals surface area contributed by atoms with Crippen molar-refractivity contribution in [2.75, 3.05) is 45.9 Å². The molecule has 1 amide bonds. The van der Waals surface area contributed by atoms with Crippen molar-refractivity contribution in [2.45, 2.75) is 56.7 Å². The van der Waals surface area contributed by atoms with Crippen molar-refractivity contribution in [3.8, 4) is 0 Å². The van der Waals surface area contributed by atoms with Crippen LogP contribution in [0.3, 0.4) is 0 Å². The van der Waals surface area contributed by atoms with Crippen molar-refractivity contribution in [3.05, 3.63) is 0 Å². The number of rotatable bonds is 4. The van der Waals surface area contributed by atoms with Crippen LogP contribution < -0.4 is 0 Å². The lowest BCUT2D eigenvalue weighted by Crippen LogP contribution is -2.54. The van der Waals surface area contributed by atoms with Crippen molar-refractivity contribution in [1.29, 1.82) is 0 Å². The summed E-state index contributed by atoms with van der Waals surface area (Å²) in [4.78, 5) is 20.0. The normalized spacial score (nSPS) is 35.3. The summed E-state index contributed by atoms with van der Waals surface area (Å²) in [5.74, 6) is 0.427. The predicted octanol–water partition coefficient (Wildman–Crippen LogP) is 0.936. The Morgan fingerprint density at radius 2 is 1.77 bits per heavy atom. The molecule has 3 saturated heterocycles. The van der Waals surface area contributed by atoms with Gasteiger partial charge in [0.25, 0.3) is 0 Å². The van der Waals surface area contributed by atoms with Crippen LogP contribution in [0.5, 0.6) is 0 Å². The summed E-state index contributed by atoms with van der Waals surface area (Å²) in [6.07, 6.45) is 7.34. The molecule has 0 N–H and O–H groups in total. The third-order valence-corrected chi connectivity index (χ3v) is 5.84. The van der Waals surface area contributed by atoms with Gasteiger partial charge in [-0.1, -0.05) is 6.42 Å². The first-order valence-electron chi connectivity index (χ1n) is 9.19. The number of carbonyl (C=O) groups excluding carboxylic acids is 1. The minimum absolute atomic E-state index is 0.173. The molecule has 2 atom stereocenters. The SMILES string of the molecule is O=C1[C@H](N2CCCC[C@@H]2CN2CCOCC2)CCN1C1CC1. The molecule has 3 heterocycles. The molecule has 0 aromatic heterocycles. The predicted molar refractivity (Wildman–Crippen MR) is 84.7 cm³/mol. The lowest BCUT2D eigenvalue weighted by atomic mass is 9.98. The van der Waals surface area contributed by atoms with E-state index in [1.165, 1.54) is 32.1 Å². The van der Waals surface area contributed by atoms with Crippen LogP contribution in [0.1, 0.15) is 38.5 Å². The van der Waals surface area contributed by atoms with Gasteiger partial charge < -0.3 is 9.64 Å². The molecule has 0 radical (unpaired) electrons. The molecule has 0 unspecified atom stereocenters. The van der Waals surface area contributed by atoms with E-state index >= 15 is 0 Å². The maximum Gasteiger partial charge on any atom is 0.240 e. The molecule has 0 aromatic rings. The van der Waals surface area contributed by atoms with Crippen LogP contribution in [0.2, 0.25) is 0 Å². The van der Waals surface area contributed by atoms with E-state index < -0.39 is 0 Å². The number of hydrogen-bond acceptors (Lipinski definition) is 4. The van der Waals surface area contributed by atoms with Crippen molar-refractivity contribution < 1.29 is 9.53 Å². The molecule has 5 nitrogen and oxygen atoms in total. The highest BCUT2D eigenvalue weighted by Crippen LogP contribution is 2.34. The van der Waals surface area contributed by atoms with Crippen molar-refractivity contribution in [3.63, 3.8) is 0 Å². The highest BCUT2D eigenvalue weighted by molar-refractivity contribution is 5.84. The Balaban J connectivity index is 1.40. The molecule has 22 heavy (non-hydrogen) atoms. The van der Waals surface area contributed by atoms with Crippen molar-refractivity contribution in [2.24, 2.45) is 0 Å². The van der Waals surface area contributed by atoms with Crippen LogP contribution in [0, 0.1) is 0 Å². The number of amides is 1. The van der Waals surface area contributed by atoms with E-state index in [1.807, 2.05) is 0 Å². The zero-order chi connectivity index (χ0) is 14.9. The summed E-state index contributed by atoms with van der Waals surface area (Å²) in [6.45, 7) is 7.07. The number of piperidine rings is 1. The number of ether oxygens (including phenoxy) is 1. The van der Waals surface area contributed by atoms with Gasteiger partial charge >= 0.3 is 0 Å². The molecule has 1 aliphatic carbocycles. The first-order chi connectivity index (χ1) is 10.8. The summed E-state index contributed by atoms with van der Waals surface area (Å²) in [5, 5.41) is 0. The van der Waals surface area contributed by atoms with E-state index in [0.29, 0.717) is 18.0 Å². The number of hydrogen-bond donors (Lipinski definition) is 0. The molecule has 124 valence electrons. The lowest BCUT2D eigenvalue weighted by molar-refractivity contribution is -0.134.